The molecule has 0 aromatic heterocycles. The second-order valence-corrected chi connectivity index (χ2v) is 0. The van der Waals surface area contributed by atoms with Crippen LogP contribution in [0.3, 0.4) is 0 Å². The molecule has 0 saturated heterocycles. The van der Waals surface area contributed by atoms with Crippen LogP contribution in [0.2, 0.25) is 0 Å². The molecule has 0 amide bonds. The van der Waals surface area contributed by atoms with Crippen molar-refractivity contribution in [3.8, 4) is 0 Å². The Bertz CT molecular complexity index is 12.4. The van der Waals surface area contributed by atoms with Crippen LogP contribution in [0.25, 0.3) is 0 Å². The van der Waals surface area contributed by atoms with Crippen molar-refractivity contribution in [3.63, 3.8) is 0 Å². The van der Waals surface area contributed by atoms with Crippen molar-refractivity contribution in [2.24, 2.45) is 0 Å². The molecule has 1 nitrogen and oxygen atoms in total. The molecule has 0 spiro atoms. The van der Waals surface area contributed by atoms with Gasteiger partial charge in [0.25, 0.3) is 0 Å². The van der Waals surface area contributed by atoms with Gasteiger partial charge in [-0.15, -0.1) is 0 Å². The number of rotatable bonds is 0. The summed E-state index contributed by atoms with van der Waals surface area (Å²) in [6.45, 7) is 0. The molecule has 0 aliphatic carbocycles. The molecule has 0 heterocycles. The van der Waals surface area contributed by atoms with Gasteiger partial charge in [-0.05, 0) is 0 Å². The zero-order valence-corrected chi connectivity index (χ0v) is 10.1. The van der Waals surface area contributed by atoms with E-state index in [1.165, 1.54) is 0 Å². The summed E-state index contributed by atoms with van der Waals surface area (Å²) >= 11 is 0. The summed E-state index contributed by atoms with van der Waals surface area (Å²) in [4.78, 5) is 0. The van der Waals surface area contributed by atoms with Gasteiger partial charge >= 0.3 is 29.6 Å². The molecule has 0 fully saturated rings. The molecule has 0 aliphatic heterocycles. The van der Waals surface area contributed by atoms with E-state index in [1.54, 1.807) is 0 Å². The maximum absolute atomic E-state index is 0. The molecule has 0 rings (SSSR count). The average molecular weight is 246 g/mol. The van der Waals surface area contributed by atoms with Gasteiger partial charge in [0.05, 0.1) is 0 Å². The fourth-order valence-corrected chi connectivity index (χ4v) is 0. The summed E-state index contributed by atoms with van der Waals surface area (Å²) in [6, 6.07) is 0. The molecule has 0 aromatic carbocycles. The fourth-order valence-electron chi connectivity index (χ4n) is 0. The summed E-state index contributed by atoms with van der Waals surface area (Å²) in [6.07, 6.45) is 0. The van der Waals surface area contributed by atoms with Crippen molar-refractivity contribution >= 4 is 107 Å². The zero-order valence-electron chi connectivity index (χ0n) is 3.71. The maximum atomic E-state index is 0. The first-order valence-electron chi connectivity index (χ1n) is 0. The third-order valence-corrected chi connectivity index (χ3v) is 0. The fraction of sp³-hybridized carbons (Fsp3) is 0. The Hall–Kier alpha value is 3.14. The van der Waals surface area contributed by atoms with Gasteiger partial charge < -0.3 is 5.48 Å². The summed E-state index contributed by atoms with van der Waals surface area (Å²) in [5, 5.41) is 0. The first-order chi connectivity index (χ1) is 0. The van der Waals surface area contributed by atoms with Gasteiger partial charge in [-0.3, -0.25) is 0 Å². The van der Waals surface area contributed by atoms with Crippen molar-refractivity contribution in [2.45, 2.75) is 0 Å². The van der Waals surface area contributed by atoms with Crippen LogP contribution in [0.4, 0.5) is 0 Å². The molecular formula is H16NaOPS5. The Morgan fingerprint density at radius 1 is 0.500 bits per heavy atom. The molecular weight excluding hydrogens is 230 g/mol. The van der Waals surface area contributed by atoms with E-state index in [2.05, 4.69) is 0 Å². The molecule has 58 valence electrons. The minimum absolute atomic E-state index is 0. The third-order valence-electron chi connectivity index (χ3n) is 0. The number of hydrogen-bond acceptors (Lipinski definition) is 0. The quantitative estimate of drug-likeness (QED) is 0.394. The van der Waals surface area contributed by atoms with Gasteiger partial charge in [0.15, 0.2) is 0 Å². The summed E-state index contributed by atoms with van der Waals surface area (Å²) < 4.78 is 0. The molecule has 0 aromatic rings. The van der Waals surface area contributed by atoms with E-state index in [-0.39, 0.29) is 112 Å². The Labute approximate surface area is 111 Å². The van der Waals surface area contributed by atoms with Crippen LogP contribution >= 0.6 is 77.4 Å². The first-order valence-corrected chi connectivity index (χ1v) is 0. The molecule has 1 atom stereocenters. The second-order valence-electron chi connectivity index (χ2n) is 0. The van der Waals surface area contributed by atoms with Crippen LogP contribution in [0, 0.1) is 0 Å². The van der Waals surface area contributed by atoms with Crippen molar-refractivity contribution in [1.29, 1.82) is 0 Å². The normalized spacial score (nSPS) is 0. The molecule has 0 radical (unpaired) electrons. The Morgan fingerprint density at radius 3 is 0.500 bits per heavy atom. The van der Waals surface area contributed by atoms with Gasteiger partial charge in [-0.25, -0.2) is 0 Å². The van der Waals surface area contributed by atoms with Gasteiger partial charge in [0, 0.05) is 0 Å². The molecule has 8 heavy (non-hydrogen) atoms. The van der Waals surface area contributed by atoms with Gasteiger partial charge in [0.1, 0.15) is 0 Å². The molecule has 8 heteroatoms. The number of hydrogen-bond donors (Lipinski definition) is 0. The minimum atomic E-state index is 0. The van der Waals surface area contributed by atoms with E-state index >= 15 is 0 Å². The Balaban J connectivity index is 0. The SMILES string of the molecule is O.P.S.S.S.S.S.[NaH]. The third kappa shape index (κ3) is 61.4. The molecule has 2 N–H and O–H groups in total. The van der Waals surface area contributed by atoms with E-state index in [9.17, 15) is 0 Å². The van der Waals surface area contributed by atoms with Crippen LogP contribution in [0.15, 0.2) is 0 Å². The predicted molar refractivity (Wildman–Crippen MR) is 73.8 cm³/mol. The molecule has 0 bridgehead atoms. The van der Waals surface area contributed by atoms with Gasteiger partial charge in [-0.1, -0.05) is 0 Å². The van der Waals surface area contributed by atoms with E-state index in [1.807, 2.05) is 0 Å². The monoisotopic (exact) mass is 246 g/mol. The zero-order chi connectivity index (χ0) is 0. The standard InChI is InChI=1S/Na.H2O.H3P.5H2S.H/h;1H2;1H3;5*1H2;. The first kappa shape index (κ1) is 116. The van der Waals surface area contributed by atoms with Crippen molar-refractivity contribution < 1.29 is 5.48 Å². The molecule has 0 saturated carbocycles. The van der Waals surface area contributed by atoms with Gasteiger partial charge in [-0.2, -0.15) is 77.4 Å². The van der Waals surface area contributed by atoms with Crippen molar-refractivity contribution in [1.82, 2.24) is 0 Å². The molecule has 0 aliphatic rings. The predicted octanol–water partition coefficient (Wildman–Crippen LogP) is -0.851. The van der Waals surface area contributed by atoms with Crippen LogP contribution in [-0.4, -0.2) is 35.0 Å². The summed E-state index contributed by atoms with van der Waals surface area (Å²) in [7, 11) is 0. The van der Waals surface area contributed by atoms with Gasteiger partial charge in [0.2, 0.25) is 0 Å². The topological polar surface area (TPSA) is 31.5 Å². The van der Waals surface area contributed by atoms with Crippen LogP contribution in [-0.2, 0) is 0 Å². The van der Waals surface area contributed by atoms with E-state index < -0.39 is 0 Å². The van der Waals surface area contributed by atoms with Crippen LogP contribution in [0.1, 0.15) is 0 Å². The van der Waals surface area contributed by atoms with E-state index in [4.69, 9.17) is 0 Å². The second kappa shape index (κ2) is 85.9. The molecule has 1 unspecified atom stereocenters. The van der Waals surface area contributed by atoms with Crippen molar-refractivity contribution in [3.05, 3.63) is 0 Å². The summed E-state index contributed by atoms with van der Waals surface area (Å²) in [5.41, 5.74) is 0. The Morgan fingerprint density at radius 2 is 0.500 bits per heavy atom. The Kier molecular flexibility index (Phi) is 1250. The average Bonchev–Trinajstić information content (AvgIpc) is 0. The van der Waals surface area contributed by atoms with Crippen LogP contribution in [0.5, 0.6) is 0 Å². The van der Waals surface area contributed by atoms with E-state index in [0.29, 0.717) is 0 Å². The van der Waals surface area contributed by atoms with E-state index in [0.717, 1.165) is 0 Å². The summed E-state index contributed by atoms with van der Waals surface area (Å²) in [5.74, 6) is 0. The van der Waals surface area contributed by atoms with Crippen molar-refractivity contribution in [2.75, 3.05) is 0 Å². The van der Waals surface area contributed by atoms with Crippen LogP contribution < -0.4 is 0 Å².